The minimum absolute atomic E-state index is 0.245. The Morgan fingerprint density at radius 1 is 1.36 bits per heavy atom. The summed E-state index contributed by atoms with van der Waals surface area (Å²) in [4.78, 5) is 13.6. The average Bonchev–Trinajstić information content (AvgIpc) is 2.16. The maximum absolute atomic E-state index is 11.7. The quantitative estimate of drug-likeness (QED) is 0.677. The zero-order valence-electron chi connectivity index (χ0n) is 9.88. The lowest BCUT2D eigenvalue weighted by atomic mass is 10.3. The SMILES string of the molecule is CCCCN(CC)C(=O)SCC(C)C. The molecule has 0 aliphatic heterocycles. The molecule has 0 radical (unpaired) electrons. The molecule has 0 rings (SSSR count). The van der Waals surface area contributed by atoms with Gasteiger partial charge in [-0.2, -0.15) is 0 Å². The molecule has 0 aromatic heterocycles. The van der Waals surface area contributed by atoms with Gasteiger partial charge in [-0.3, -0.25) is 4.79 Å². The summed E-state index contributed by atoms with van der Waals surface area (Å²) in [7, 11) is 0. The van der Waals surface area contributed by atoms with E-state index in [1.807, 2.05) is 11.8 Å². The van der Waals surface area contributed by atoms with Gasteiger partial charge in [-0.25, -0.2) is 0 Å². The number of hydrogen-bond donors (Lipinski definition) is 0. The van der Waals surface area contributed by atoms with E-state index in [1.54, 1.807) is 0 Å². The van der Waals surface area contributed by atoms with Crippen LogP contribution in [0.25, 0.3) is 0 Å². The number of rotatable bonds is 6. The molecule has 0 aliphatic rings. The van der Waals surface area contributed by atoms with Crippen LogP contribution in [0.2, 0.25) is 0 Å². The molecule has 0 aliphatic carbocycles. The monoisotopic (exact) mass is 217 g/mol. The van der Waals surface area contributed by atoms with E-state index in [2.05, 4.69) is 20.8 Å². The lowest BCUT2D eigenvalue weighted by Crippen LogP contribution is -2.28. The molecule has 0 saturated heterocycles. The van der Waals surface area contributed by atoms with Crippen molar-refractivity contribution in [2.75, 3.05) is 18.8 Å². The summed E-state index contributed by atoms with van der Waals surface area (Å²) in [6, 6.07) is 0. The molecule has 0 aromatic carbocycles. The van der Waals surface area contributed by atoms with Gasteiger partial charge in [0.05, 0.1) is 0 Å². The highest BCUT2D eigenvalue weighted by atomic mass is 32.2. The Kier molecular flexibility index (Phi) is 8.05. The average molecular weight is 217 g/mol. The molecule has 0 saturated carbocycles. The van der Waals surface area contributed by atoms with Gasteiger partial charge < -0.3 is 4.90 Å². The van der Waals surface area contributed by atoms with Crippen LogP contribution in [-0.2, 0) is 0 Å². The first-order valence-corrected chi connectivity index (χ1v) is 6.52. The third-order valence-electron chi connectivity index (χ3n) is 1.96. The van der Waals surface area contributed by atoms with Crippen molar-refractivity contribution in [3.63, 3.8) is 0 Å². The van der Waals surface area contributed by atoms with Crippen molar-refractivity contribution in [1.82, 2.24) is 4.90 Å². The second kappa shape index (κ2) is 8.16. The number of nitrogens with zero attached hydrogens (tertiary/aromatic N) is 1. The fourth-order valence-corrected chi connectivity index (χ4v) is 1.94. The van der Waals surface area contributed by atoms with Crippen molar-refractivity contribution in [1.29, 1.82) is 0 Å². The molecule has 0 fully saturated rings. The fraction of sp³-hybridized carbons (Fsp3) is 0.909. The first-order valence-electron chi connectivity index (χ1n) is 5.53. The van der Waals surface area contributed by atoms with E-state index in [-0.39, 0.29) is 5.24 Å². The normalized spacial score (nSPS) is 10.6. The van der Waals surface area contributed by atoms with Crippen LogP contribution < -0.4 is 0 Å². The first-order chi connectivity index (χ1) is 6.61. The number of unbranched alkanes of at least 4 members (excludes halogenated alkanes) is 1. The zero-order chi connectivity index (χ0) is 11.0. The Morgan fingerprint density at radius 3 is 2.43 bits per heavy atom. The van der Waals surface area contributed by atoms with Crippen molar-refractivity contribution in [2.45, 2.75) is 40.5 Å². The first kappa shape index (κ1) is 13.8. The molecule has 84 valence electrons. The van der Waals surface area contributed by atoms with E-state index in [9.17, 15) is 4.79 Å². The number of carbonyl (C=O) groups excluding carboxylic acids is 1. The maximum Gasteiger partial charge on any atom is 0.281 e. The highest BCUT2D eigenvalue weighted by Crippen LogP contribution is 2.13. The summed E-state index contributed by atoms with van der Waals surface area (Å²) < 4.78 is 0. The van der Waals surface area contributed by atoms with Crippen LogP contribution >= 0.6 is 11.8 Å². The Hall–Kier alpha value is -0.180. The predicted molar refractivity (Wildman–Crippen MR) is 64.8 cm³/mol. The molecule has 3 heteroatoms. The summed E-state index contributed by atoms with van der Waals surface area (Å²) >= 11 is 1.45. The molecule has 2 nitrogen and oxygen atoms in total. The van der Waals surface area contributed by atoms with E-state index >= 15 is 0 Å². The molecule has 0 aromatic rings. The maximum atomic E-state index is 11.7. The molecule has 0 atom stereocenters. The van der Waals surface area contributed by atoms with Crippen LogP contribution in [-0.4, -0.2) is 29.0 Å². The highest BCUT2D eigenvalue weighted by molar-refractivity contribution is 8.13. The Morgan fingerprint density at radius 2 is 2.00 bits per heavy atom. The fourth-order valence-electron chi connectivity index (χ4n) is 1.06. The third kappa shape index (κ3) is 6.30. The van der Waals surface area contributed by atoms with Crippen molar-refractivity contribution >= 4 is 17.0 Å². The Balaban J connectivity index is 3.79. The van der Waals surface area contributed by atoms with Crippen LogP contribution in [0.15, 0.2) is 0 Å². The second-order valence-electron chi connectivity index (χ2n) is 3.90. The van der Waals surface area contributed by atoms with Crippen molar-refractivity contribution in [3.8, 4) is 0 Å². The molecule has 0 unspecified atom stereocenters. The third-order valence-corrected chi connectivity index (χ3v) is 3.30. The molecule has 0 spiro atoms. The van der Waals surface area contributed by atoms with Crippen molar-refractivity contribution < 1.29 is 4.79 Å². The second-order valence-corrected chi connectivity index (χ2v) is 4.88. The van der Waals surface area contributed by atoms with Gasteiger partial charge in [0, 0.05) is 18.8 Å². The molecule has 0 heterocycles. The summed E-state index contributed by atoms with van der Waals surface area (Å²) in [6.45, 7) is 10.2. The summed E-state index contributed by atoms with van der Waals surface area (Å²) in [5.41, 5.74) is 0. The van der Waals surface area contributed by atoms with Gasteiger partial charge in [-0.1, -0.05) is 39.0 Å². The topological polar surface area (TPSA) is 20.3 Å². The van der Waals surface area contributed by atoms with Crippen LogP contribution in [0.1, 0.15) is 40.5 Å². The Labute approximate surface area is 92.4 Å². The van der Waals surface area contributed by atoms with E-state index in [0.717, 1.165) is 31.7 Å². The number of carbonyl (C=O) groups is 1. The van der Waals surface area contributed by atoms with Gasteiger partial charge in [-0.15, -0.1) is 0 Å². The van der Waals surface area contributed by atoms with Crippen molar-refractivity contribution in [3.05, 3.63) is 0 Å². The van der Waals surface area contributed by atoms with Crippen molar-refractivity contribution in [2.24, 2.45) is 5.92 Å². The van der Waals surface area contributed by atoms with E-state index < -0.39 is 0 Å². The number of amides is 1. The predicted octanol–water partition coefficient (Wildman–Crippen LogP) is 3.62. The van der Waals surface area contributed by atoms with Gasteiger partial charge in [0.2, 0.25) is 0 Å². The largest absolute Gasteiger partial charge is 0.334 e. The lowest BCUT2D eigenvalue weighted by molar-refractivity contribution is 0.225. The van der Waals surface area contributed by atoms with Gasteiger partial charge >= 0.3 is 0 Å². The van der Waals surface area contributed by atoms with Gasteiger partial charge in [0.15, 0.2) is 0 Å². The van der Waals surface area contributed by atoms with Gasteiger partial charge in [-0.05, 0) is 19.3 Å². The molecular weight excluding hydrogens is 194 g/mol. The molecule has 0 N–H and O–H groups in total. The molecule has 14 heavy (non-hydrogen) atoms. The lowest BCUT2D eigenvalue weighted by Gasteiger charge is -2.20. The molecular formula is C11H23NOS. The van der Waals surface area contributed by atoms with Crippen LogP contribution in [0.4, 0.5) is 4.79 Å². The van der Waals surface area contributed by atoms with E-state index in [1.165, 1.54) is 11.8 Å². The molecule has 1 amide bonds. The Bertz CT molecular complexity index is 159. The van der Waals surface area contributed by atoms with Crippen LogP contribution in [0.3, 0.4) is 0 Å². The summed E-state index contributed by atoms with van der Waals surface area (Å²) in [5, 5.41) is 0.245. The van der Waals surface area contributed by atoms with Gasteiger partial charge in [0.25, 0.3) is 5.24 Å². The highest BCUT2D eigenvalue weighted by Gasteiger charge is 2.11. The zero-order valence-corrected chi connectivity index (χ0v) is 10.7. The van der Waals surface area contributed by atoms with E-state index in [4.69, 9.17) is 0 Å². The standard InChI is InChI=1S/C11H23NOS/c1-5-7-8-12(6-2)11(13)14-9-10(3)4/h10H,5-9H2,1-4H3. The minimum atomic E-state index is 0.245. The molecule has 0 bridgehead atoms. The smallest absolute Gasteiger partial charge is 0.281 e. The summed E-state index contributed by atoms with van der Waals surface area (Å²) in [6.07, 6.45) is 2.26. The van der Waals surface area contributed by atoms with Crippen LogP contribution in [0, 0.1) is 5.92 Å². The van der Waals surface area contributed by atoms with Crippen LogP contribution in [0.5, 0.6) is 0 Å². The van der Waals surface area contributed by atoms with E-state index in [0.29, 0.717) is 5.92 Å². The number of thioether (sulfide) groups is 1. The minimum Gasteiger partial charge on any atom is -0.334 e. The summed E-state index contributed by atoms with van der Waals surface area (Å²) in [5.74, 6) is 1.52. The van der Waals surface area contributed by atoms with Gasteiger partial charge in [0.1, 0.15) is 0 Å². The number of hydrogen-bond acceptors (Lipinski definition) is 2.